The van der Waals surface area contributed by atoms with Crippen LogP contribution >= 0.6 is 0 Å². The van der Waals surface area contributed by atoms with Crippen molar-refractivity contribution in [3.63, 3.8) is 0 Å². The van der Waals surface area contributed by atoms with Gasteiger partial charge in [-0.1, -0.05) is 18.2 Å². The lowest BCUT2D eigenvalue weighted by molar-refractivity contribution is -0.141. The topological polar surface area (TPSA) is 66.4 Å². The van der Waals surface area contributed by atoms with Crippen molar-refractivity contribution in [1.82, 2.24) is 5.32 Å². The third kappa shape index (κ3) is 3.47. The summed E-state index contributed by atoms with van der Waals surface area (Å²) in [5.41, 5.74) is -1.22. The second-order valence-corrected chi connectivity index (χ2v) is 3.52. The van der Waals surface area contributed by atoms with Crippen LogP contribution in [-0.4, -0.2) is 17.5 Å². The van der Waals surface area contributed by atoms with Crippen molar-refractivity contribution < 1.29 is 27.9 Å². The van der Waals surface area contributed by atoms with Gasteiger partial charge in [0.25, 0.3) is 0 Å². The van der Waals surface area contributed by atoms with Crippen LogP contribution in [0.5, 0.6) is 0 Å². The minimum atomic E-state index is -4.60. The van der Waals surface area contributed by atoms with Crippen LogP contribution in [-0.2, 0) is 15.8 Å². The fourth-order valence-corrected chi connectivity index (χ4v) is 1.57. The molecular formula is C11H10F3NO3. The molecule has 2 N–H and O–H groups in total. The van der Waals surface area contributed by atoms with E-state index in [2.05, 4.69) is 5.32 Å². The molecule has 1 rings (SSSR count). The standard InChI is InChI=1S/C11H10F3NO3/c12-11(13,14)8-4-2-1-3-7(8)9(15-6-16)5-10(17)18/h1-4,6,9H,5H2,(H,15,16)(H,17,18)/t9-/m0/s1. The average Bonchev–Trinajstić information content (AvgIpc) is 2.27. The fraction of sp³-hybridized carbons (Fsp3) is 0.273. The van der Waals surface area contributed by atoms with E-state index in [1.807, 2.05) is 0 Å². The molecule has 7 heteroatoms. The predicted molar refractivity (Wildman–Crippen MR) is 55.6 cm³/mol. The summed E-state index contributed by atoms with van der Waals surface area (Å²) in [7, 11) is 0. The van der Waals surface area contributed by atoms with Crippen LogP contribution in [0.3, 0.4) is 0 Å². The molecule has 0 aliphatic heterocycles. The lowest BCUT2D eigenvalue weighted by Gasteiger charge is -2.19. The van der Waals surface area contributed by atoms with E-state index in [4.69, 9.17) is 5.11 Å². The van der Waals surface area contributed by atoms with Crippen molar-refractivity contribution in [2.75, 3.05) is 0 Å². The molecule has 0 heterocycles. The van der Waals surface area contributed by atoms with Crippen LogP contribution < -0.4 is 5.32 Å². The van der Waals surface area contributed by atoms with E-state index in [1.54, 1.807) is 0 Å². The van der Waals surface area contributed by atoms with Crippen molar-refractivity contribution in [2.24, 2.45) is 0 Å². The Kier molecular flexibility index (Phi) is 4.30. The van der Waals surface area contributed by atoms with Crippen LogP contribution in [0.4, 0.5) is 13.2 Å². The summed E-state index contributed by atoms with van der Waals surface area (Å²) >= 11 is 0. The van der Waals surface area contributed by atoms with Gasteiger partial charge in [0.2, 0.25) is 6.41 Å². The van der Waals surface area contributed by atoms with E-state index in [0.29, 0.717) is 0 Å². The summed E-state index contributed by atoms with van der Waals surface area (Å²) < 4.78 is 38.2. The van der Waals surface area contributed by atoms with Crippen LogP contribution in [0, 0.1) is 0 Å². The highest BCUT2D eigenvalue weighted by atomic mass is 19.4. The average molecular weight is 261 g/mol. The molecule has 1 aromatic carbocycles. The van der Waals surface area contributed by atoms with E-state index in [9.17, 15) is 22.8 Å². The zero-order valence-corrected chi connectivity index (χ0v) is 9.07. The number of carbonyl (C=O) groups excluding carboxylic acids is 1. The predicted octanol–water partition coefficient (Wildman–Crippen LogP) is 1.97. The van der Waals surface area contributed by atoms with E-state index in [-0.39, 0.29) is 12.0 Å². The molecular weight excluding hydrogens is 251 g/mol. The smallest absolute Gasteiger partial charge is 0.416 e. The van der Waals surface area contributed by atoms with Gasteiger partial charge in [0.1, 0.15) is 0 Å². The van der Waals surface area contributed by atoms with E-state index >= 15 is 0 Å². The normalized spacial score (nSPS) is 12.8. The molecule has 1 aromatic rings. The van der Waals surface area contributed by atoms with Gasteiger partial charge in [0.15, 0.2) is 0 Å². The number of amides is 1. The molecule has 0 fully saturated rings. The SMILES string of the molecule is O=CN[C@@H](CC(=O)O)c1ccccc1C(F)(F)F. The molecule has 98 valence electrons. The molecule has 0 aromatic heterocycles. The molecule has 0 unspecified atom stereocenters. The first kappa shape index (κ1) is 14.0. The Balaban J connectivity index is 3.19. The molecule has 0 spiro atoms. The Bertz CT molecular complexity index is 445. The van der Waals surface area contributed by atoms with E-state index in [0.717, 1.165) is 12.1 Å². The Hall–Kier alpha value is -2.05. The van der Waals surface area contributed by atoms with Gasteiger partial charge < -0.3 is 10.4 Å². The first-order valence-electron chi connectivity index (χ1n) is 4.94. The van der Waals surface area contributed by atoms with E-state index < -0.39 is 30.2 Å². The molecule has 0 aliphatic rings. The second kappa shape index (κ2) is 5.52. The highest BCUT2D eigenvalue weighted by Gasteiger charge is 2.35. The minimum Gasteiger partial charge on any atom is -0.481 e. The van der Waals surface area contributed by atoms with Crippen molar-refractivity contribution in [3.05, 3.63) is 35.4 Å². The first-order chi connectivity index (χ1) is 8.36. The number of carbonyl (C=O) groups is 2. The van der Waals surface area contributed by atoms with Crippen molar-refractivity contribution in [3.8, 4) is 0 Å². The molecule has 0 bridgehead atoms. The number of benzene rings is 1. The number of alkyl halides is 3. The number of halogens is 3. The zero-order valence-electron chi connectivity index (χ0n) is 9.07. The molecule has 18 heavy (non-hydrogen) atoms. The quantitative estimate of drug-likeness (QED) is 0.796. The Morgan fingerprint density at radius 2 is 2.00 bits per heavy atom. The number of carboxylic acids is 1. The van der Waals surface area contributed by atoms with Gasteiger partial charge in [0, 0.05) is 0 Å². The van der Waals surface area contributed by atoms with Gasteiger partial charge in [-0.25, -0.2) is 0 Å². The highest BCUT2D eigenvalue weighted by molar-refractivity contribution is 5.69. The molecule has 1 atom stereocenters. The maximum absolute atomic E-state index is 12.7. The summed E-state index contributed by atoms with van der Waals surface area (Å²) in [5.74, 6) is -1.30. The molecule has 4 nitrogen and oxygen atoms in total. The third-order valence-corrected chi connectivity index (χ3v) is 2.29. The highest BCUT2D eigenvalue weighted by Crippen LogP contribution is 2.35. The third-order valence-electron chi connectivity index (χ3n) is 2.29. The molecule has 0 radical (unpaired) electrons. The van der Waals surface area contributed by atoms with Crippen LogP contribution in [0.15, 0.2) is 24.3 Å². The summed E-state index contributed by atoms with van der Waals surface area (Å²) in [5, 5.41) is 10.7. The number of hydrogen-bond donors (Lipinski definition) is 2. The van der Waals surface area contributed by atoms with Gasteiger partial charge in [-0.3, -0.25) is 9.59 Å². The van der Waals surface area contributed by atoms with Gasteiger partial charge in [-0.05, 0) is 11.6 Å². The fourth-order valence-electron chi connectivity index (χ4n) is 1.57. The summed E-state index contributed by atoms with van der Waals surface area (Å²) in [4.78, 5) is 20.9. The minimum absolute atomic E-state index is 0.181. The van der Waals surface area contributed by atoms with Gasteiger partial charge >= 0.3 is 12.1 Å². The monoisotopic (exact) mass is 261 g/mol. The number of hydrogen-bond acceptors (Lipinski definition) is 2. The number of aliphatic carboxylic acids is 1. The van der Waals surface area contributed by atoms with E-state index in [1.165, 1.54) is 12.1 Å². The molecule has 0 aliphatic carbocycles. The van der Waals surface area contributed by atoms with Crippen molar-refractivity contribution in [1.29, 1.82) is 0 Å². The summed E-state index contributed by atoms with van der Waals surface area (Å²) in [6.45, 7) is 0. The van der Waals surface area contributed by atoms with Gasteiger partial charge in [0.05, 0.1) is 18.0 Å². The molecule has 0 saturated heterocycles. The molecule has 0 saturated carbocycles. The summed E-state index contributed by atoms with van der Waals surface area (Å²) in [6.07, 6.45) is -5.04. The lowest BCUT2D eigenvalue weighted by atomic mass is 9.97. The first-order valence-corrected chi connectivity index (χ1v) is 4.94. The molecule has 1 amide bonds. The zero-order chi connectivity index (χ0) is 13.8. The number of rotatable bonds is 5. The van der Waals surface area contributed by atoms with Gasteiger partial charge in [-0.2, -0.15) is 13.2 Å². The number of carboxylic acid groups (broad SMARTS) is 1. The Labute approximate surface area is 100 Å². The van der Waals surface area contributed by atoms with Crippen LogP contribution in [0.1, 0.15) is 23.6 Å². The number of nitrogens with one attached hydrogen (secondary N) is 1. The van der Waals surface area contributed by atoms with Crippen molar-refractivity contribution in [2.45, 2.75) is 18.6 Å². The Morgan fingerprint density at radius 3 is 2.50 bits per heavy atom. The van der Waals surface area contributed by atoms with Crippen LogP contribution in [0.25, 0.3) is 0 Å². The van der Waals surface area contributed by atoms with Crippen LogP contribution in [0.2, 0.25) is 0 Å². The maximum Gasteiger partial charge on any atom is 0.416 e. The lowest BCUT2D eigenvalue weighted by Crippen LogP contribution is -2.25. The summed E-state index contributed by atoms with van der Waals surface area (Å²) in [6, 6.07) is 3.33. The largest absolute Gasteiger partial charge is 0.481 e. The Morgan fingerprint density at radius 1 is 1.39 bits per heavy atom. The van der Waals surface area contributed by atoms with Crippen molar-refractivity contribution >= 4 is 12.4 Å². The second-order valence-electron chi connectivity index (χ2n) is 3.52. The maximum atomic E-state index is 12.7. The van der Waals surface area contributed by atoms with Gasteiger partial charge in [-0.15, -0.1) is 0 Å².